The lowest BCUT2D eigenvalue weighted by Crippen LogP contribution is -2.33. The molecule has 0 unspecified atom stereocenters. The Balaban J connectivity index is 1.70. The minimum atomic E-state index is -0.415. The quantitative estimate of drug-likeness (QED) is 0.470. The van der Waals surface area contributed by atoms with Gasteiger partial charge in [0.2, 0.25) is 5.91 Å². The Kier molecular flexibility index (Phi) is 6.69. The molecule has 0 radical (unpaired) electrons. The molecule has 2 aromatic carbocycles. The molecule has 0 aliphatic rings. The number of amides is 1. The highest BCUT2D eigenvalue weighted by Crippen LogP contribution is 2.24. The summed E-state index contributed by atoms with van der Waals surface area (Å²) in [6.45, 7) is 6.10. The molecule has 29 heavy (non-hydrogen) atoms. The standard InChI is InChI=1S/C22H24FN3O2S/c1-14(2)26-21(28)18-6-4-5-7-19(18)25-22(26)29-15(3)20(27)24-13-12-16-8-10-17(23)11-9-16/h4-11,14-15H,12-13H2,1-3H3,(H,24,27)/t15-/m0/s1. The van der Waals surface area contributed by atoms with Crippen LogP contribution in [0.3, 0.4) is 0 Å². The molecule has 1 heterocycles. The zero-order valence-electron chi connectivity index (χ0n) is 16.7. The number of halogens is 1. The Labute approximate surface area is 173 Å². The number of hydrogen-bond acceptors (Lipinski definition) is 4. The Morgan fingerprint density at radius 1 is 1.14 bits per heavy atom. The number of benzene rings is 2. The Hall–Kier alpha value is -2.67. The van der Waals surface area contributed by atoms with Gasteiger partial charge in [0.05, 0.1) is 16.2 Å². The molecule has 0 saturated heterocycles. The lowest BCUT2D eigenvalue weighted by atomic mass is 10.1. The summed E-state index contributed by atoms with van der Waals surface area (Å²) in [5, 5.41) is 3.59. The molecule has 1 aromatic heterocycles. The van der Waals surface area contributed by atoms with Gasteiger partial charge in [0.1, 0.15) is 5.82 Å². The molecular weight excluding hydrogens is 389 g/mol. The van der Waals surface area contributed by atoms with Crippen molar-refractivity contribution in [2.24, 2.45) is 0 Å². The molecule has 0 spiro atoms. The second-order valence-corrected chi connectivity index (χ2v) is 8.42. The van der Waals surface area contributed by atoms with Crippen molar-refractivity contribution < 1.29 is 9.18 Å². The molecule has 1 atom stereocenters. The van der Waals surface area contributed by atoms with Crippen LogP contribution in [0, 0.1) is 5.82 Å². The van der Waals surface area contributed by atoms with Gasteiger partial charge < -0.3 is 5.32 Å². The third-order valence-electron chi connectivity index (χ3n) is 4.57. The topological polar surface area (TPSA) is 64.0 Å². The first-order valence-electron chi connectivity index (χ1n) is 9.57. The first kappa shape index (κ1) is 21.0. The highest BCUT2D eigenvalue weighted by Gasteiger charge is 2.20. The van der Waals surface area contributed by atoms with E-state index in [0.717, 1.165) is 5.56 Å². The van der Waals surface area contributed by atoms with Crippen LogP contribution in [0.15, 0.2) is 58.5 Å². The van der Waals surface area contributed by atoms with Crippen molar-refractivity contribution in [3.63, 3.8) is 0 Å². The average molecular weight is 414 g/mol. The summed E-state index contributed by atoms with van der Waals surface area (Å²) in [4.78, 5) is 30.0. The van der Waals surface area contributed by atoms with Gasteiger partial charge in [-0.1, -0.05) is 36.0 Å². The van der Waals surface area contributed by atoms with Gasteiger partial charge in [-0.2, -0.15) is 0 Å². The number of nitrogens with zero attached hydrogens (tertiary/aromatic N) is 2. The van der Waals surface area contributed by atoms with Crippen LogP contribution in [0.25, 0.3) is 10.9 Å². The Morgan fingerprint density at radius 3 is 2.52 bits per heavy atom. The van der Waals surface area contributed by atoms with Crippen molar-refractivity contribution in [1.29, 1.82) is 0 Å². The molecule has 3 aromatic rings. The predicted molar refractivity (Wildman–Crippen MR) is 115 cm³/mol. The third-order valence-corrected chi connectivity index (χ3v) is 5.64. The summed E-state index contributed by atoms with van der Waals surface area (Å²) in [6, 6.07) is 13.4. The zero-order chi connectivity index (χ0) is 21.0. The summed E-state index contributed by atoms with van der Waals surface area (Å²) in [6.07, 6.45) is 0.619. The number of rotatable bonds is 7. The van der Waals surface area contributed by atoms with E-state index in [9.17, 15) is 14.0 Å². The van der Waals surface area contributed by atoms with Crippen LogP contribution < -0.4 is 10.9 Å². The molecule has 0 fully saturated rings. The van der Waals surface area contributed by atoms with Crippen LogP contribution in [-0.4, -0.2) is 27.3 Å². The molecule has 0 aliphatic heterocycles. The fourth-order valence-electron chi connectivity index (χ4n) is 3.00. The molecule has 0 saturated carbocycles. The molecule has 0 bridgehead atoms. The van der Waals surface area contributed by atoms with Gasteiger partial charge in [-0.25, -0.2) is 9.37 Å². The van der Waals surface area contributed by atoms with E-state index in [1.54, 1.807) is 35.8 Å². The van der Waals surface area contributed by atoms with Gasteiger partial charge >= 0.3 is 0 Å². The van der Waals surface area contributed by atoms with E-state index in [0.29, 0.717) is 29.0 Å². The van der Waals surface area contributed by atoms with Crippen molar-refractivity contribution in [3.8, 4) is 0 Å². The molecule has 7 heteroatoms. The SMILES string of the molecule is CC(C)n1c(S[C@@H](C)C(=O)NCCc2ccc(F)cc2)nc2ccccc2c1=O. The Bertz CT molecular complexity index is 1060. The molecule has 3 rings (SSSR count). The number of thioether (sulfide) groups is 1. The Morgan fingerprint density at radius 2 is 1.83 bits per heavy atom. The molecule has 1 N–H and O–H groups in total. The maximum Gasteiger partial charge on any atom is 0.262 e. The van der Waals surface area contributed by atoms with E-state index >= 15 is 0 Å². The van der Waals surface area contributed by atoms with Gasteiger partial charge in [-0.05, 0) is 57.0 Å². The average Bonchev–Trinajstić information content (AvgIpc) is 2.69. The number of hydrogen-bond donors (Lipinski definition) is 1. The first-order chi connectivity index (χ1) is 13.9. The minimum absolute atomic E-state index is 0.0733. The van der Waals surface area contributed by atoms with Crippen LogP contribution in [0.2, 0.25) is 0 Å². The van der Waals surface area contributed by atoms with Gasteiger partial charge in [0, 0.05) is 12.6 Å². The van der Waals surface area contributed by atoms with Crippen LogP contribution in [0.4, 0.5) is 4.39 Å². The van der Waals surface area contributed by atoms with E-state index < -0.39 is 5.25 Å². The van der Waals surface area contributed by atoms with E-state index in [4.69, 9.17) is 0 Å². The van der Waals surface area contributed by atoms with E-state index in [2.05, 4.69) is 10.3 Å². The molecule has 5 nitrogen and oxygen atoms in total. The normalized spacial score (nSPS) is 12.3. The zero-order valence-corrected chi connectivity index (χ0v) is 17.5. The smallest absolute Gasteiger partial charge is 0.262 e. The van der Waals surface area contributed by atoms with Crippen LogP contribution in [-0.2, 0) is 11.2 Å². The summed E-state index contributed by atoms with van der Waals surface area (Å²) in [7, 11) is 0. The number of aromatic nitrogens is 2. The first-order valence-corrected chi connectivity index (χ1v) is 10.4. The maximum atomic E-state index is 13.0. The minimum Gasteiger partial charge on any atom is -0.355 e. The fraction of sp³-hybridized carbons (Fsp3) is 0.318. The summed E-state index contributed by atoms with van der Waals surface area (Å²) < 4.78 is 14.6. The second-order valence-electron chi connectivity index (χ2n) is 7.11. The second kappa shape index (κ2) is 9.22. The fourth-order valence-corrected chi connectivity index (χ4v) is 4.07. The van der Waals surface area contributed by atoms with Crippen molar-refractivity contribution in [2.45, 2.75) is 43.6 Å². The van der Waals surface area contributed by atoms with E-state index in [-0.39, 0.29) is 23.3 Å². The van der Waals surface area contributed by atoms with Gasteiger partial charge in [-0.3, -0.25) is 14.2 Å². The molecular formula is C22H24FN3O2S. The summed E-state index contributed by atoms with van der Waals surface area (Å²) in [5.41, 5.74) is 1.48. The van der Waals surface area contributed by atoms with E-state index in [1.165, 1.54) is 23.9 Å². The number of para-hydroxylation sites is 1. The van der Waals surface area contributed by atoms with Gasteiger partial charge in [0.15, 0.2) is 5.16 Å². The van der Waals surface area contributed by atoms with Gasteiger partial charge in [0.25, 0.3) is 5.56 Å². The molecule has 0 aliphatic carbocycles. The van der Waals surface area contributed by atoms with Crippen molar-refractivity contribution in [2.75, 3.05) is 6.54 Å². The third kappa shape index (κ3) is 5.03. The largest absolute Gasteiger partial charge is 0.355 e. The number of fused-ring (bicyclic) bond motifs is 1. The van der Waals surface area contributed by atoms with Crippen LogP contribution >= 0.6 is 11.8 Å². The predicted octanol–water partition coefficient (Wildman–Crippen LogP) is 3.96. The van der Waals surface area contributed by atoms with Crippen molar-refractivity contribution in [3.05, 3.63) is 70.3 Å². The summed E-state index contributed by atoms with van der Waals surface area (Å²) in [5.74, 6) is -0.406. The van der Waals surface area contributed by atoms with Crippen molar-refractivity contribution in [1.82, 2.24) is 14.9 Å². The van der Waals surface area contributed by atoms with Gasteiger partial charge in [-0.15, -0.1) is 0 Å². The number of carbonyl (C=O) groups excluding carboxylic acids is 1. The van der Waals surface area contributed by atoms with Crippen LogP contribution in [0.5, 0.6) is 0 Å². The highest BCUT2D eigenvalue weighted by atomic mass is 32.2. The van der Waals surface area contributed by atoms with Crippen LogP contribution in [0.1, 0.15) is 32.4 Å². The lowest BCUT2D eigenvalue weighted by Gasteiger charge is -2.18. The number of carbonyl (C=O) groups is 1. The monoisotopic (exact) mass is 413 g/mol. The molecule has 152 valence electrons. The van der Waals surface area contributed by atoms with E-state index in [1.807, 2.05) is 26.0 Å². The lowest BCUT2D eigenvalue weighted by molar-refractivity contribution is -0.120. The van der Waals surface area contributed by atoms with Crippen molar-refractivity contribution >= 4 is 28.6 Å². The molecule has 1 amide bonds. The maximum absolute atomic E-state index is 13.0. The summed E-state index contributed by atoms with van der Waals surface area (Å²) >= 11 is 1.27. The number of nitrogens with one attached hydrogen (secondary N) is 1. The highest BCUT2D eigenvalue weighted by molar-refractivity contribution is 8.00.